The molecule has 0 radical (unpaired) electrons. The largest absolute Gasteiger partial charge is 0.324 e. The second-order valence-electron chi connectivity index (χ2n) is 7.81. The second-order valence-corrected chi connectivity index (χ2v) is 9.44. The zero-order chi connectivity index (χ0) is 23.0. The number of amides is 1. The van der Waals surface area contributed by atoms with E-state index in [1.807, 2.05) is 51.1 Å². The smallest absolute Gasteiger partial charge is 0.263 e. The van der Waals surface area contributed by atoms with Gasteiger partial charge in [0.05, 0.1) is 11.7 Å². The molecule has 5 nitrogen and oxygen atoms in total. The molecular weight excluding hydrogens is 442 g/mol. The number of halogens is 1. The maximum Gasteiger partial charge on any atom is 0.263 e. The third-order valence-corrected chi connectivity index (χ3v) is 7.00. The van der Waals surface area contributed by atoms with Crippen molar-refractivity contribution in [3.8, 4) is 11.1 Å². The Morgan fingerprint density at radius 2 is 1.91 bits per heavy atom. The first kappa shape index (κ1) is 22.2. The van der Waals surface area contributed by atoms with Crippen LogP contribution in [0.15, 0.2) is 53.6 Å². The summed E-state index contributed by atoms with van der Waals surface area (Å²) in [5, 5.41) is 4.19. The van der Waals surface area contributed by atoms with E-state index in [0.29, 0.717) is 15.2 Å². The number of carbonyl (C=O) groups is 1. The molecule has 0 spiro atoms. The van der Waals surface area contributed by atoms with Crippen molar-refractivity contribution in [1.29, 1.82) is 0 Å². The van der Waals surface area contributed by atoms with Gasteiger partial charge in [0.2, 0.25) is 5.91 Å². The normalized spacial score (nSPS) is 12.2. The fourth-order valence-electron chi connectivity index (χ4n) is 3.91. The van der Waals surface area contributed by atoms with Gasteiger partial charge in [0.1, 0.15) is 10.9 Å². The number of hydrogen-bond acceptors (Lipinski definition) is 4. The Morgan fingerprint density at radius 1 is 1.19 bits per heavy atom. The van der Waals surface area contributed by atoms with Gasteiger partial charge in [-0.25, -0.2) is 4.98 Å². The summed E-state index contributed by atoms with van der Waals surface area (Å²) in [6.07, 6.45) is 2.27. The Bertz CT molecular complexity index is 1370. The predicted molar refractivity (Wildman–Crippen MR) is 133 cm³/mol. The summed E-state index contributed by atoms with van der Waals surface area (Å²) >= 11 is 7.52. The summed E-state index contributed by atoms with van der Waals surface area (Å²) in [6.45, 7) is 7.70. The number of aryl methyl sites for hydroxylation is 3. The average molecular weight is 466 g/mol. The third kappa shape index (κ3) is 3.96. The zero-order valence-electron chi connectivity index (χ0n) is 18.4. The van der Waals surface area contributed by atoms with Crippen LogP contribution in [0.2, 0.25) is 5.02 Å². The standard InChI is InChI=1S/C25H24ClN3O2S/c1-5-17-8-6-7-14(2)22(17)28-23(30)15(3)29-13-27-24-21(25(29)31)20(16(4)32-24)18-9-11-19(26)12-10-18/h6-13,15H,5H2,1-4H3,(H,28,30)/t15-/m0/s1. The number of hydrogen-bond donors (Lipinski definition) is 1. The van der Waals surface area contributed by atoms with Gasteiger partial charge in [0, 0.05) is 21.2 Å². The van der Waals surface area contributed by atoms with Gasteiger partial charge < -0.3 is 5.32 Å². The summed E-state index contributed by atoms with van der Waals surface area (Å²) in [6, 6.07) is 12.6. The molecule has 1 N–H and O–H groups in total. The Hall–Kier alpha value is -2.96. The number of aromatic nitrogens is 2. The van der Waals surface area contributed by atoms with Gasteiger partial charge in [-0.3, -0.25) is 14.2 Å². The molecule has 1 atom stereocenters. The van der Waals surface area contributed by atoms with Crippen LogP contribution in [0.25, 0.3) is 21.3 Å². The van der Waals surface area contributed by atoms with Crippen LogP contribution in [-0.2, 0) is 11.2 Å². The Balaban J connectivity index is 1.76. The highest BCUT2D eigenvalue weighted by Gasteiger charge is 2.22. The molecule has 0 aliphatic heterocycles. The Kier molecular flexibility index (Phi) is 6.17. The van der Waals surface area contributed by atoms with Gasteiger partial charge >= 0.3 is 0 Å². The summed E-state index contributed by atoms with van der Waals surface area (Å²) in [5.74, 6) is -0.253. The lowest BCUT2D eigenvalue weighted by atomic mass is 10.0. The fraction of sp³-hybridized carbons (Fsp3) is 0.240. The minimum atomic E-state index is -0.720. The fourth-order valence-corrected chi connectivity index (χ4v) is 5.04. The van der Waals surface area contributed by atoms with Crippen LogP contribution < -0.4 is 10.9 Å². The molecule has 2 heterocycles. The zero-order valence-corrected chi connectivity index (χ0v) is 20.0. The first-order valence-electron chi connectivity index (χ1n) is 10.5. The minimum absolute atomic E-state index is 0.229. The van der Waals surface area contributed by atoms with Crippen LogP contribution in [0.4, 0.5) is 5.69 Å². The van der Waals surface area contributed by atoms with E-state index in [1.54, 1.807) is 19.1 Å². The van der Waals surface area contributed by atoms with E-state index >= 15 is 0 Å². The first-order valence-corrected chi connectivity index (χ1v) is 11.7. The molecule has 32 heavy (non-hydrogen) atoms. The highest BCUT2D eigenvalue weighted by Crippen LogP contribution is 2.36. The predicted octanol–water partition coefficient (Wildman–Crippen LogP) is 6.16. The van der Waals surface area contributed by atoms with Crippen LogP contribution in [-0.4, -0.2) is 15.5 Å². The maximum atomic E-state index is 13.5. The number of carbonyl (C=O) groups excluding carboxylic acids is 1. The molecule has 164 valence electrons. The van der Waals surface area contributed by atoms with Gasteiger partial charge in [0.15, 0.2) is 0 Å². The minimum Gasteiger partial charge on any atom is -0.324 e. The highest BCUT2D eigenvalue weighted by molar-refractivity contribution is 7.19. The number of nitrogens with zero attached hydrogens (tertiary/aromatic N) is 2. The number of anilines is 1. The molecule has 1 amide bonds. The lowest BCUT2D eigenvalue weighted by Gasteiger charge is -2.18. The number of fused-ring (bicyclic) bond motifs is 1. The molecular formula is C25H24ClN3O2S. The van der Waals surface area contributed by atoms with Gasteiger partial charge in [-0.2, -0.15) is 0 Å². The summed E-state index contributed by atoms with van der Waals surface area (Å²) in [4.78, 5) is 32.8. The van der Waals surface area contributed by atoms with E-state index in [4.69, 9.17) is 11.6 Å². The van der Waals surface area contributed by atoms with Crippen molar-refractivity contribution in [3.05, 3.63) is 80.2 Å². The molecule has 2 aromatic heterocycles. The molecule has 0 fully saturated rings. The van der Waals surface area contributed by atoms with Crippen LogP contribution in [0.5, 0.6) is 0 Å². The van der Waals surface area contributed by atoms with Crippen LogP contribution in [0.3, 0.4) is 0 Å². The van der Waals surface area contributed by atoms with Gasteiger partial charge in [-0.05, 0) is 56.0 Å². The maximum absolute atomic E-state index is 13.5. The van der Waals surface area contributed by atoms with Crippen molar-refractivity contribution in [2.45, 2.75) is 40.2 Å². The molecule has 0 aliphatic rings. The number of para-hydroxylation sites is 1. The molecule has 7 heteroatoms. The SMILES string of the molecule is CCc1cccc(C)c1NC(=O)[C@H](C)n1cnc2sc(C)c(-c3ccc(Cl)cc3)c2c1=O. The van der Waals surface area contributed by atoms with Crippen LogP contribution in [0.1, 0.15) is 35.9 Å². The van der Waals surface area contributed by atoms with Crippen LogP contribution in [0, 0.1) is 13.8 Å². The lowest BCUT2D eigenvalue weighted by molar-refractivity contribution is -0.118. The number of thiophene rings is 1. The summed E-state index contributed by atoms with van der Waals surface area (Å²) in [7, 11) is 0. The van der Waals surface area contributed by atoms with E-state index in [1.165, 1.54) is 22.2 Å². The highest BCUT2D eigenvalue weighted by atomic mass is 35.5. The molecule has 0 bridgehead atoms. The number of nitrogens with one attached hydrogen (secondary N) is 1. The van der Waals surface area contributed by atoms with Crippen molar-refractivity contribution in [2.24, 2.45) is 0 Å². The lowest BCUT2D eigenvalue weighted by Crippen LogP contribution is -2.32. The molecule has 4 aromatic rings. The van der Waals surface area contributed by atoms with E-state index in [9.17, 15) is 9.59 Å². The van der Waals surface area contributed by atoms with Gasteiger partial charge in [-0.1, -0.05) is 48.9 Å². The molecule has 0 saturated heterocycles. The van der Waals surface area contributed by atoms with Gasteiger partial charge in [-0.15, -0.1) is 11.3 Å². The number of rotatable bonds is 5. The van der Waals surface area contributed by atoms with E-state index in [0.717, 1.165) is 39.2 Å². The molecule has 0 unspecified atom stereocenters. The molecule has 0 aliphatic carbocycles. The van der Waals surface area contributed by atoms with Crippen molar-refractivity contribution in [3.63, 3.8) is 0 Å². The van der Waals surface area contributed by atoms with Crippen molar-refractivity contribution >= 4 is 44.7 Å². The van der Waals surface area contributed by atoms with Crippen LogP contribution >= 0.6 is 22.9 Å². The second kappa shape index (κ2) is 8.88. The van der Waals surface area contributed by atoms with Crippen molar-refractivity contribution < 1.29 is 4.79 Å². The topological polar surface area (TPSA) is 64.0 Å². The summed E-state index contributed by atoms with van der Waals surface area (Å²) in [5.41, 5.74) is 4.37. The number of benzene rings is 2. The summed E-state index contributed by atoms with van der Waals surface area (Å²) < 4.78 is 1.41. The van der Waals surface area contributed by atoms with Crippen molar-refractivity contribution in [1.82, 2.24) is 9.55 Å². The quantitative estimate of drug-likeness (QED) is 0.384. The monoisotopic (exact) mass is 465 g/mol. The Morgan fingerprint density at radius 3 is 2.59 bits per heavy atom. The van der Waals surface area contributed by atoms with Crippen molar-refractivity contribution in [2.75, 3.05) is 5.32 Å². The third-order valence-electron chi connectivity index (χ3n) is 5.73. The van der Waals surface area contributed by atoms with E-state index < -0.39 is 6.04 Å². The van der Waals surface area contributed by atoms with E-state index in [-0.39, 0.29) is 11.5 Å². The van der Waals surface area contributed by atoms with E-state index in [2.05, 4.69) is 10.3 Å². The first-order chi connectivity index (χ1) is 15.3. The molecule has 2 aromatic carbocycles. The molecule has 0 saturated carbocycles. The average Bonchev–Trinajstić information content (AvgIpc) is 3.12. The molecule has 4 rings (SSSR count). The Labute approximate surface area is 195 Å². The van der Waals surface area contributed by atoms with Gasteiger partial charge in [0.25, 0.3) is 5.56 Å².